The smallest absolute Gasteiger partial charge is 0.407 e. The fraction of sp³-hybridized carbons (Fsp3) is 0.789. The second-order valence-electron chi connectivity index (χ2n) is 7.43. The Balaban J connectivity index is -0.000000213. The number of amides is 2. The lowest BCUT2D eigenvalue weighted by Crippen LogP contribution is -2.34. The maximum Gasteiger partial charge on any atom is 0.407 e. The van der Waals surface area contributed by atoms with Gasteiger partial charge in [0.05, 0.1) is 12.8 Å². The quantitative estimate of drug-likeness (QED) is 0.281. The summed E-state index contributed by atoms with van der Waals surface area (Å²) in [5.41, 5.74) is 5.67. The molecule has 0 aromatic heterocycles. The van der Waals surface area contributed by atoms with Crippen LogP contribution in [0.2, 0.25) is 0 Å². The predicted octanol–water partition coefficient (Wildman–Crippen LogP) is 1.78. The van der Waals surface area contributed by atoms with E-state index in [1.165, 1.54) is 14.1 Å². The highest BCUT2D eigenvalue weighted by molar-refractivity contribution is 5.72. The van der Waals surface area contributed by atoms with Crippen molar-refractivity contribution >= 4 is 24.1 Å². The van der Waals surface area contributed by atoms with E-state index < -0.39 is 35.3 Å². The summed E-state index contributed by atoms with van der Waals surface area (Å²) in [5, 5.41) is 13.0. The second-order valence-corrected chi connectivity index (χ2v) is 7.43. The summed E-state index contributed by atoms with van der Waals surface area (Å²) in [6.45, 7) is 10.8. The van der Waals surface area contributed by atoms with E-state index in [2.05, 4.69) is 26.7 Å². The Labute approximate surface area is 185 Å². The van der Waals surface area contributed by atoms with Crippen LogP contribution in [0.1, 0.15) is 61.8 Å². The van der Waals surface area contributed by atoms with Gasteiger partial charge in [-0.15, -0.1) is 0 Å². The molecule has 0 aromatic carbocycles. The van der Waals surface area contributed by atoms with Gasteiger partial charge in [0.25, 0.3) is 0 Å². The molecule has 0 aliphatic heterocycles. The van der Waals surface area contributed by atoms with Gasteiger partial charge in [-0.1, -0.05) is 7.43 Å². The van der Waals surface area contributed by atoms with Crippen molar-refractivity contribution in [3.05, 3.63) is 0 Å². The first-order valence-electron chi connectivity index (χ1n) is 9.26. The summed E-state index contributed by atoms with van der Waals surface area (Å²) in [7, 11) is 2.99. The van der Waals surface area contributed by atoms with Crippen molar-refractivity contribution < 1.29 is 38.6 Å². The van der Waals surface area contributed by atoms with Crippen LogP contribution in [-0.4, -0.2) is 67.6 Å². The van der Waals surface area contributed by atoms with E-state index in [9.17, 15) is 19.2 Å². The number of carboxylic acids is 1. The number of alkyl carbamates (subject to hydrolysis) is 2. The zero-order valence-corrected chi connectivity index (χ0v) is 19.2. The van der Waals surface area contributed by atoms with Crippen molar-refractivity contribution in [2.45, 2.75) is 73.0 Å². The molecular formula is C19H42N4O8. The molecule has 0 radical (unpaired) electrons. The Morgan fingerprint density at radius 2 is 1.16 bits per heavy atom. The molecule has 0 fully saturated rings. The van der Waals surface area contributed by atoms with Gasteiger partial charge in [0, 0.05) is 20.1 Å². The minimum Gasteiger partial charge on any atom is -0.481 e. The molecule has 12 heteroatoms. The van der Waals surface area contributed by atoms with Gasteiger partial charge in [-0.25, -0.2) is 9.59 Å². The van der Waals surface area contributed by atoms with Crippen molar-refractivity contribution in [2.75, 3.05) is 27.2 Å². The van der Waals surface area contributed by atoms with Gasteiger partial charge in [0.2, 0.25) is 0 Å². The van der Waals surface area contributed by atoms with E-state index in [-0.39, 0.29) is 33.4 Å². The number of carbonyl (C=O) groups is 4. The lowest BCUT2D eigenvalue weighted by Gasteiger charge is -2.19. The zero-order chi connectivity index (χ0) is 24.4. The van der Waals surface area contributed by atoms with Crippen LogP contribution in [0.4, 0.5) is 9.59 Å². The Kier molecular flexibility index (Phi) is 22.4. The number of ether oxygens (including phenoxy) is 2. The summed E-state index contributed by atoms with van der Waals surface area (Å²) < 4.78 is 9.84. The first-order valence-corrected chi connectivity index (χ1v) is 9.26. The number of carboxylic acid groups (broad SMARTS) is 1. The van der Waals surface area contributed by atoms with E-state index >= 15 is 0 Å². The number of hydrogen-bond donors (Lipinski definition) is 5. The second kappa shape index (κ2) is 19.4. The molecule has 0 aromatic rings. The molecule has 6 N–H and O–H groups in total. The van der Waals surface area contributed by atoms with Crippen LogP contribution in [0.25, 0.3) is 0 Å². The number of carbonyl (C=O) groups excluding carboxylic acids is 3. The molecule has 0 aliphatic carbocycles. The molecule has 0 saturated heterocycles. The molecule has 2 amide bonds. The van der Waals surface area contributed by atoms with E-state index in [0.717, 1.165) is 0 Å². The van der Waals surface area contributed by atoms with E-state index in [0.29, 0.717) is 0 Å². The van der Waals surface area contributed by atoms with E-state index in [4.69, 9.17) is 14.6 Å². The highest BCUT2D eigenvalue weighted by atomic mass is 16.7. The molecule has 12 nitrogen and oxygen atoms in total. The number of nitrogens with two attached hydrogens (primary N) is 1. The first kappa shape index (κ1) is 35.8. The predicted molar refractivity (Wildman–Crippen MR) is 117 cm³/mol. The minimum absolute atomic E-state index is 0. The Bertz CT molecular complexity index is 514. The first-order chi connectivity index (χ1) is 13.7. The molecule has 0 rings (SSSR count). The summed E-state index contributed by atoms with van der Waals surface area (Å²) >= 11 is 0. The molecule has 0 aliphatic rings. The fourth-order valence-corrected chi connectivity index (χ4v) is 1.33. The van der Waals surface area contributed by atoms with Crippen molar-refractivity contribution in [1.82, 2.24) is 16.1 Å². The van der Waals surface area contributed by atoms with Crippen LogP contribution in [-0.2, 0) is 23.9 Å². The van der Waals surface area contributed by atoms with Gasteiger partial charge in [-0.05, 0) is 48.6 Å². The molecule has 0 unspecified atom stereocenters. The van der Waals surface area contributed by atoms with Gasteiger partial charge >= 0.3 is 24.1 Å². The fourth-order valence-electron chi connectivity index (χ4n) is 1.33. The molecule has 31 heavy (non-hydrogen) atoms. The molecule has 0 atom stereocenters. The van der Waals surface area contributed by atoms with Gasteiger partial charge in [0.1, 0.15) is 11.2 Å². The third-order valence-electron chi connectivity index (χ3n) is 2.22. The molecule has 0 bridgehead atoms. The molecule has 186 valence electrons. The zero-order valence-electron chi connectivity index (χ0n) is 19.2. The molecular weight excluding hydrogens is 412 g/mol. The van der Waals surface area contributed by atoms with Gasteiger partial charge in [0.15, 0.2) is 0 Å². The average molecular weight is 455 g/mol. The normalized spacial score (nSPS) is 9.84. The van der Waals surface area contributed by atoms with Crippen molar-refractivity contribution in [3.8, 4) is 0 Å². The van der Waals surface area contributed by atoms with Crippen LogP contribution < -0.4 is 21.8 Å². The van der Waals surface area contributed by atoms with Crippen LogP contribution in [0, 0.1) is 0 Å². The Hall–Kier alpha value is -2.60. The SMILES string of the molecule is C.CC(C)(C)OC(=O)NCCC(=O)O.CN.CNOC(=O)CCNC(=O)OC(C)(C)C. The Morgan fingerprint density at radius 3 is 1.45 bits per heavy atom. The highest BCUT2D eigenvalue weighted by Gasteiger charge is 2.16. The summed E-state index contributed by atoms with van der Waals surface area (Å²) in [6.07, 6.45) is -1.13. The summed E-state index contributed by atoms with van der Waals surface area (Å²) in [6, 6.07) is 0. The molecule has 0 heterocycles. The van der Waals surface area contributed by atoms with Crippen molar-refractivity contribution in [1.29, 1.82) is 0 Å². The Morgan fingerprint density at radius 1 is 0.806 bits per heavy atom. The van der Waals surface area contributed by atoms with Gasteiger partial charge < -0.3 is 35.8 Å². The monoisotopic (exact) mass is 454 g/mol. The van der Waals surface area contributed by atoms with Crippen molar-refractivity contribution in [3.63, 3.8) is 0 Å². The molecule has 0 saturated carbocycles. The maximum absolute atomic E-state index is 11.1. The van der Waals surface area contributed by atoms with Crippen LogP contribution >= 0.6 is 0 Å². The van der Waals surface area contributed by atoms with Crippen molar-refractivity contribution in [2.24, 2.45) is 5.73 Å². The number of nitrogens with one attached hydrogen (secondary N) is 3. The number of hydroxylamine groups is 1. The topological polar surface area (TPSA) is 178 Å². The lowest BCUT2D eigenvalue weighted by molar-refractivity contribution is -0.149. The van der Waals surface area contributed by atoms with E-state index in [1.807, 2.05) is 0 Å². The van der Waals surface area contributed by atoms with Crippen LogP contribution in [0.15, 0.2) is 0 Å². The summed E-state index contributed by atoms with van der Waals surface area (Å²) in [4.78, 5) is 47.4. The van der Waals surface area contributed by atoms with E-state index in [1.54, 1.807) is 41.5 Å². The standard InChI is InChI=1S/C9H18N2O4.C8H15NO4.CH5N.CH4/c1-9(2,3)14-8(13)11-6-5-7(12)15-10-4;1-8(2,3)13-7(12)9-5-4-6(10)11;1-2;/h10H,5-6H2,1-4H3,(H,11,13);4-5H2,1-3H3,(H,9,12)(H,10,11);2H2,1H3;1H4. The van der Waals surface area contributed by atoms with Gasteiger partial charge in [-0.2, -0.15) is 5.48 Å². The average Bonchev–Trinajstić information content (AvgIpc) is 2.53. The lowest BCUT2D eigenvalue weighted by atomic mass is 10.2. The largest absolute Gasteiger partial charge is 0.481 e. The third-order valence-corrected chi connectivity index (χ3v) is 2.22. The third kappa shape index (κ3) is 35.2. The van der Waals surface area contributed by atoms with Gasteiger partial charge in [-0.3, -0.25) is 9.59 Å². The number of aliphatic carboxylic acids is 1. The maximum atomic E-state index is 11.1. The van der Waals surface area contributed by atoms with Crippen LogP contribution in [0.3, 0.4) is 0 Å². The van der Waals surface area contributed by atoms with Crippen LogP contribution in [0.5, 0.6) is 0 Å². The summed E-state index contributed by atoms with van der Waals surface area (Å²) in [5.74, 6) is -1.38. The molecule has 0 spiro atoms. The minimum atomic E-state index is -0.948. The number of hydrogen-bond acceptors (Lipinski definition) is 9. The number of rotatable bonds is 7. The highest BCUT2D eigenvalue weighted by Crippen LogP contribution is 2.06.